The highest BCUT2D eigenvalue weighted by atomic mass is 32.2. The van der Waals surface area contributed by atoms with Gasteiger partial charge in [0.15, 0.2) is 5.82 Å². The van der Waals surface area contributed by atoms with Gasteiger partial charge in [0.05, 0.1) is 10.6 Å². The molecule has 28 heavy (non-hydrogen) atoms. The van der Waals surface area contributed by atoms with Crippen molar-refractivity contribution in [1.82, 2.24) is 14.8 Å². The van der Waals surface area contributed by atoms with E-state index in [0.717, 1.165) is 44.1 Å². The van der Waals surface area contributed by atoms with Crippen molar-refractivity contribution < 1.29 is 12.8 Å². The number of nitrogens with one attached hydrogen (secondary N) is 1. The summed E-state index contributed by atoms with van der Waals surface area (Å²) in [6.07, 6.45) is 4.11. The molecule has 0 unspecified atom stereocenters. The smallest absolute Gasteiger partial charge is 0.262 e. The third-order valence-electron chi connectivity index (χ3n) is 4.98. The summed E-state index contributed by atoms with van der Waals surface area (Å²) in [5.41, 5.74) is 1.44. The fraction of sp³-hybridized carbons (Fsp3) is 0.300. The Morgan fingerprint density at radius 1 is 1.07 bits per heavy atom. The highest BCUT2D eigenvalue weighted by molar-refractivity contribution is 7.92. The quantitative estimate of drug-likeness (QED) is 0.720. The van der Waals surface area contributed by atoms with Crippen LogP contribution in [0.5, 0.6) is 0 Å². The van der Waals surface area contributed by atoms with Crippen molar-refractivity contribution >= 4 is 15.7 Å². The van der Waals surface area contributed by atoms with Crippen LogP contribution in [0.25, 0.3) is 11.4 Å². The molecule has 0 fully saturated rings. The first kappa shape index (κ1) is 18.6. The molecular formula is C20H21FN4O2S. The molecule has 1 aromatic heterocycles. The summed E-state index contributed by atoms with van der Waals surface area (Å²) < 4.78 is 44.1. The maximum Gasteiger partial charge on any atom is 0.262 e. The lowest BCUT2D eigenvalue weighted by Crippen LogP contribution is -2.14. The lowest BCUT2D eigenvalue weighted by molar-refractivity contribution is 0.593. The molecule has 0 radical (unpaired) electrons. The number of anilines is 1. The third kappa shape index (κ3) is 3.52. The van der Waals surface area contributed by atoms with Gasteiger partial charge in [0.2, 0.25) is 0 Å². The average Bonchev–Trinajstić information content (AvgIpc) is 2.92. The number of benzene rings is 2. The largest absolute Gasteiger partial charge is 0.311 e. The third-order valence-corrected chi connectivity index (χ3v) is 6.34. The van der Waals surface area contributed by atoms with Crippen LogP contribution < -0.4 is 4.72 Å². The van der Waals surface area contributed by atoms with Gasteiger partial charge in [-0.05, 0) is 49.6 Å². The number of para-hydroxylation sites is 1. The molecule has 1 aliphatic heterocycles. The van der Waals surface area contributed by atoms with Gasteiger partial charge in [-0.2, -0.15) is 0 Å². The van der Waals surface area contributed by atoms with Gasteiger partial charge in [0.1, 0.15) is 11.6 Å². The SMILES string of the molecule is Cc1ccc(S(=O)(=O)Nc2ccccc2-c2nnc3n2CCCCC3)cc1F. The van der Waals surface area contributed by atoms with E-state index in [1.165, 1.54) is 12.1 Å². The molecule has 1 N–H and O–H groups in total. The highest BCUT2D eigenvalue weighted by Gasteiger charge is 2.21. The minimum absolute atomic E-state index is 0.120. The number of aromatic nitrogens is 3. The van der Waals surface area contributed by atoms with Crippen LogP contribution >= 0.6 is 0 Å². The molecule has 6 nitrogen and oxygen atoms in total. The summed E-state index contributed by atoms with van der Waals surface area (Å²) in [4.78, 5) is -0.120. The van der Waals surface area contributed by atoms with Crippen molar-refractivity contribution in [2.75, 3.05) is 4.72 Å². The van der Waals surface area contributed by atoms with E-state index in [1.807, 2.05) is 12.1 Å². The summed E-state index contributed by atoms with van der Waals surface area (Å²) in [5.74, 6) is 1.01. The molecular weight excluding hydrogens is 379 g/mol. The molecule has 2 heterocycles. The second-order valence-electron chi connectivity index (χ2n) is 6.96. The first-order valence-electron chi connectivity index (χ1n) is 9.26. The molecule has 146 valence electrons. The molecule has 0 bridgehead atoms. The Kier molecular flexibility index (Phi) is 4.89. The predicted octanol–water partition coefficient (Wildman–Crippen LogP) is 3.92. The normalized spacial score (nSPS) is 14.4. The first-order valence-corrected chi connectivity index (χ1v) is 10.7. The van der Waals surface area contributed by atoms with Gasteiger partial charge in [0.25, 0.3) is 10.0 Å². The molecule has 0 saturated heterocycles. The zero-order chi connectivity index (χ0) is 19.7. The molecule has 3 aromatic rings. The number of nitrogens with zero attached hydrogens (tertiary/aromatic N) is 3. The molecule has 1 aliphatic rings. The molecule has 0 spiro atoms. The van der Waals surface area contributed by atoms with Crippen LogP contribution in [0.3, 0.4) is 0 Å². The molecule has 0 saturated carbocycles. The zero-order valence-corrected chi connectivity index (χ0v) is 16.3. The summed E-state index contributed by atoms with van der Waals surface area (Å²) in [5, 5.41) is 8.61. The Hall–Kier alpha value is -2.74. The molecule has 0 aliphatic carbocycles. The van der Waals surface area contributed by atoms with Crippen molar-refractivity contribution in [2.45, 2.75) is 44.0 Å². The molecule has 4 rings (SSSR count). The number of rotatable bonds is 4. The van der Waals surface area contributed by atoms with Crippen molar-refractivity contribution in [3.63, 3.8) is 0 Å². The van der Waals surface area contributed by atoms with E-state index in [9.17, 15) is 12.8 Å². The van der Waals surface area contributed by atoms with Gasteiger partial charge in [-0.25, -0.2) is 12.8 Å². The lowest BCUT2D eigenvalue weighted by atomic mass is 10.1. The zero-order valence-electron chi connectivity index (χ0n) is 15.5. The van der Waals surface area contributed by atoms with E-state index in [2.05, 4.69) is 19.5 Å². The van der Waals surface area contributed by atoms with Crippen LogP contribution in [0.1, 0.15) is 30.7 Å². The Bertz CT molecular complexity index is 1120. The minimum Gasteiger partial charge on any atom is -0.311 e. The Morgan fingerprint density at radius 3 is 2.71 bits per heavy atom. The van der Waals surface area contributed by atoms with Gasteiger partial charge in [0, 0.05) is 18.5 Å². The standard InChI is InChI=1S/C20H21FN4O2S/c1-14-10-11-15(13-17(14)21)28(26,27)24-18-8-5-4-7-16(18)20-23-22-19-9-3-2-6-12-25(19)20/h4-5,7-8,10-11,13,24H,2-3,6,9,12H2,1H3. The number of aryl methyl sites for hydroxylation is 2. The predicted molar refractivity (Wildman–Crippen MR) is 105 cm³/mol. The molecule has 0 amide bonds. The first-order chi connectivity index (χ1) is 13.5. The van der Waals surface area contributed by atoms with Crippen LogP contribution in [0.15, 0.2) is 47.4 Å². The Labute approximate surface area is 163 Å². The lowest BCUT2D eigenvalue weighted by Gasteiger charge is -2.14. The monoisotopic (exact) mass is 400 g/mol. The topological polar surface area (TPSA) is 76.9 Å². The second kappa shape index (κ2) is 7.35. The van der Waals surface area contributed by atoms with E-state index in [0.29, 0.717) is 22.6 Å². The van der Waals surface area contributed by atoms with Crippen LogP contribution in [-0.4, -0.2) is 23.2 Å². The molecule has 0 atom stereocenters. The number of sulfonamides is 1. The molecule has 8 heteroatoms. The fourth-order valence-corrected chi connectivity index (χ4v) is 4.49. The summed E-state index contributed by atoms with van der Waals surface area (Å²) >= 11 is 0. The number of hydrogen-bond acceptors (Lipinski definition) is 4. The van der Waals surface area contributed by atoms with Gasteiger partial charge < -0.3 is 4.57 Å². The molecule has 2 aromatic carbocycles. The van der Waals surface area contributed by atoms with Crippen LogP contribution in [0.2, 0.25) is 0 Å². The summed E-state index contributed by atoms with van der Waals surface area (Å²) in [6.45, 7) is 2.40. The van der Waals surface area contributed by atoms with E-state index < -0.39 is 15.8 Å². The van der Waals surface area contributed by atoms with Gasteiger partial charge in [-0.3, -0.25) is 4.72 Å². The van der Waals surface area contributed by atoms with Crippen LogP contribution in [0.4, 0.5) is 10.1 Å². The van der Waals surface area contributed by atoms with E-state index in [4.69, 9.17) is 0 Å². The number of halogens is 1. The fourth-order valence-electron chi connectivity index (χ4n) is 3.40. The number of hydrogen-bond donors (Lipinski definition) is 1. The van der Waals surface area contributed by atoms with E-state index in [-0.39, 0.29) is 4.90 Å². The van der Waals surface area contributed by atoms with E-state index in [1.54, 1.807) is 19.1 Å². The van der Waals surface area contributed by atoms with Crippen molar-refractivity contribution in [2.24, 2.45) is 0 Å². The second-order valence-corrected chi connectivity index (χ2v) is 8.65. The van der Waals surface area contributed by atoms with E-state index >= 15 is 0 Å². The van der Waals surface area contributed by atoms with Crippen LogP contribution in [-0.2, 0) is 23.0 Å². The highest BCUT2D eigenvalue weighted by Crippen LogP contribution is 2.30. The summed E-state index contributed by atoms with van der Waals surface area (Å²) in [7, 11) is -3.94. The van der Waals surface area contributed by atoms with Crippen molar-refractivity contribution in [3.8, 4) is 11.4 Å². The van der Waals surface area contributed by atoms with Crippen LogP contribution in [0, 0.1) is 12.7 Å². The Balaban J connectivity index is 1.73. The maximum absolute atomic E-state index is 13.9. The average molecular weight is 400 g/mol. The van der Waals surface area contributed by atoms with Gasteiger partial charge >= 0.3 is 0 Å². The Morgan fingerprint density at radius 2 is 1.89 bits per heavy atom. The maximum atomic E-state index is 13.9. The van der Waals surface area contributed by atoms with Gasteiger partial charge in [-0.15, -0.1) is 10.2 Å². The number of fused-ring (bicyclic) bond motifs is 1. The summed E-state index contributed by atoms with van der Waals surface area (Å²) in [6, 6.07) is 10.9. The van der Waals surface area contributed by atoms with Crippen molar-refractivity contribution in [1.29, 1.82) is 0 Å². The van der Waals surface area contributed by atoms with Crippen molar-refractivity contribution in [3.05, 3.63) is 59.7 Å². The van der Waals surface area contributed by atoms with Gasteiger partial charge in [-0.1, -0.05) is 24.6 Å². The minimum atomic E-state index is -3.94.